The molecule has 1 aromatic heterocycles. The Hall–Kier alpha value is -1.55. The maximum atomic E-state index is 11.0. The Kier molecular flexibility index (Phi) is 4.12. The number of aryl methyl sites for hydroxylation is 2. The maximum absolute atomic E-state index is 11.0. The molecule has 0 aliphatic rings. The van der Waals surface area contributed by atoms with Crippen LogP contribution in [0.3, 0.4) is 0 Å². The number of carboxylic acid groups (broad SMARTS) is 1. The topological polar surface area (TPSA) is 55.1 Å². The summed E-state index contributed by atoms with van der Waals surface area (Å²) in [7, 11) is 1.77. The third-order valence-electron chi connectivity index (χ3n) is 2.43. The summed E-state index contributed by atoms with van der Waals surface area (Å²) in [6, 6.07) is 1.63. The fraction of sp³-hybridized carbons (Fsp3) is 0.333. The van der Waals surface area contributed by atoms with Crippen molar-refractivity contribution >= 4 is 28.5 Å². The number of fused-ring (bicyclic) bond motifs is 1. The summed E-state index contributed by atoms with van der Waals surface area (Å²) in [5.41, 5.74) is 1.59. The molecular weight excluding hydrogens is 240 g/mol. The summed E-state index contributed by atoms with van der Waals surface area (Å²) in [4.78, 5) is 11.0. The van der Waals surface area contributed by atoms with Crippen LogP contribution in [-0.2, 0) is 7.05 Å². The first-order valence-electron chi connectivity index (χ1n) is 5.36. The summed E-state index contributed by atoms with van der Waals surface area (Å²) in [6.07, 6.45) is 1.67. The molecule has 0 amide bonds. The van der Waals surface area contributed by atoms with Gasteiger partial charge in [-0.3, -0.25) is 4.68 Å². The Labute approximate surface area is 105 Å². The van der Waals surface area contributed by atoms with E-state index in [2.05, 4.69) is 5.10 Å². The van der Waals surface area contributed by atoms with Crippen molar-refractivity contribution in [1.82, 2.24) is 9.78 Å². The van der Waals surface area contributed by atoms with E-state index in [1.54, 1.807) is 30.9 Å². The van der Waals surface area contributed by atoms with Crippen molar-refractivity contribution in [2.75, 3.05) is 0 Å². The summed E-state index contributed by atoms with van der Waals surface area (Å²) >= 11 is 5.89. The second-order valence-corrected chi connectivity index (χ2v) is 3.78. The van der Waals surface area contributed by atoms with Crippen LogP contribution < -0.4 is 0 Å². The van der Waals surface area contributed by atoms with Gasteiger partial charge in [0.15, 0.2) is 0 Å². The van der Waals surface area contributed by atoms with Gasteiger partial charge in [-0.2, -0.15) is 5.10 Å². The largest absolute Gasteiger partial charge is 0.478 e. The van der Waals surface area contributed by atoms with Crippen molar-refractivity contribution in [3.8, 4) is 0 Å². The quantitative estimate of drug-likeness (QED) is 0.850. The Morgan fingerprint density at radius 2 is 2.06 bits per heavy atom. The molecule has 5 heteroatoms. The van der Waals surface area contributed by atoms with E-state index < -0.39 is 5.97 Å². The van der Waals surface area contributed by atoms with Gasteiger partial charge in [0.2, 0.25) is 0 Å². The molecule has 0 spiro atoms. The number of aromatic carboxylic acids is 1. The van der Waals surface area contributed by atoms with Crippen LogP contribution in [0.4, 0.5) is 0 Å². The van der Waals surface area contributed by atoms with Gasteiger partial charge < -0.3 is 5.11 Å². The van der Waals surface area contributed by atoms with Crippen molar-refractivity contribution in [3.63, 3.8) is 0 Å². The van der Waals surface area contributed by atoms with E-state index in [-0.39, 0.29) is 10.6 Å². The van der Waals surface area contributed by atoms with Crippen molar-refractivity contribution in [1.29, 1.82) is 0 Å². The van der Waals surface area contributed by atoms with Crippen LogP contribution in [0, 0.1) is 6.92 Å². The van der Waals surface area contributed by atoms with E-state index in [1.807, 2.05) is 13.8 Å². The zero-order valence-electron chi connectivity index (χ0n) is 10.3. The van der Waals surface area contributed by atoms with Gasteiger partial charge in [-0.1, -0.05) is 25.4 Å². The molecule has 2 aromatic rings. The molecule has 0 bridgehead atoms. The lowest BCUT2D eigenvalue weighted by Gasteiger charge is -2.06. The number of benzene rings is 1. The predicted octanol–water partition coefficient (Wildman–Crippen LogP) is 3.26. The number of aromatic nitrogens is 2. The van der Waals surface area contributed by atoms with E-state index in [9.17, 15) is 4.79 Å². The van der Waals surface area contributed by atoms with Crippen molar-refractivity contribution in [3.05, 3.63) is 28.4 Å². The van der Waals surface area contributed by atoms with Gasteiger partial charge in [-0.05, 0) is 18.6 Å². The average Bonchev–Trinajstić information content (AvgIpc) is 2.62. The number of carbonyl (C=O) groups is 1. The van der Waals surface area contributed by atoms with E-state index in [4.69, 9.17) is 16.7 Å². The smallest absolute Gasteiger partial charge is 0.337 e. The van der Waals surface area contributed by atoms with Crippen LogP contribution in [0.2, 0.25) is 5.02 Å². The van der Waals surface area contributed by atoms with Gasteiger partial charge in [0.1, 0.15) is 0 Å². The molecule has 0 aliphatic heterocycles. The lowest BCUT2D eigenvalue weighted by atomic mass is 10.1. The number of rotatable bonds is 1. The normalized spacial score (nSPS) is 9.94. The lowest BCUT2D eigenvalue weighted by molar-refractivity contribution is 0.0696. The van der Waals surface area contributed by atoms with Crippen molar-refractivity contribution < 1.29 is 9.90 Å². The Bertz CT molecular complexity index is 561. The molecule has 2 rings (SSSR count). The van der Waals surface area contributed by atoms with E-state index in [1.165, 1.54) is 0 Å². The van der Waals surface area contributed by atoms with Crippen LogP contribution in [0.1, 0.15) is 29.8 Å². The van der Waals surface area contributed by atoms with Crippen molar-refractivity contribution in [2.45, 2.75) is 20.8 Å². The first kappa shape index (κ1) is 13.5. The zero-order valence-corrected chi connectivity index (χ0v) is 11.0. The number of hydrogen-bond donors (Lipinski definition) is 1. The summed E-state index contributed by atoms with van der Waals surface area (Å²) in [5, 5.41) is 14.2. The third-order valence-corrected chi connectivity index (χ3v) is 2.73. The predicted molar refractivity (Wildman–Crippen MR) is 68.8 cm³/mol. The number of nitrogens with zero attached hydrogens (tertiary/aromatic N) is 2. The van der Waals surface area contributed by atoms with Gasteiger partial charge >= 0.3 is 5.97 Å². The first-order chi connectivity index (χ1) is 8.02. The highest BCUT2D eigenvalue weighted by Gasteiger charge is 2.17. The highest BCUT2D eigenvalue weighted by atomic mass is 35.5. The Morgan fingerprint density at radius 1 is 1.47 bits per heavy atom. The molecule has 0 unspecified atom stereocenters. The molecule has 0 radical (unpaired) electrons. The molecule has 1 heterocycles. The molecule has 4 nitrogen and oxygen atoms in total. The molecule has 92 valence electrons. The molecule has 1 aromatic carbocycles. The van der Waals surface area contributed by atoms with Gasteiger partial charge in [0, 0.05) is 12.4 Å². The van der Waals surface area contributed by atoms with Gasteiger partial charge in [0.05, 0.1) is 22.3 Å². The Balaban J connectivity index is 0.000000686. The monoisotopic (exact) mass is 254 g/mol. The third kappa shape index (κ3) is 2.26. The molecular formula is C12H15ClN2O2. The molecule has 1 N–H and O–H groups in total. The fourth-order valence-electron chi connectivity index (χ4n) is 1.79. The summed E-state index contributed by atoms with van der Waals surface area (Å²) in [6.45, 7) is 5.74. The minimum atomic E-state index is -1.01. The lowest BCUT2D eigenvalue weighted by Crippen LogP contribution is -2.03. The van der Waals surface area contributed by atoms with Crippen LogP contribution in [0.15, 0.2) is 12.3 Å². The van der Waals surface area contributed by atoms with Gasteiger partial charge in [0.25, 0.3) is 0 Å². The molecule has 0 aliphatic carbocycles. The van der Waals surface area contributed by atoms with Crippen molar-refractivity contribution in [2.24, 2.45) is 7.05 Å². The minimum absolute atomic E-state index is 0.146. The molecule has 17 heavy (non-hydrogen) atoms. The number of hydrogen-bond acceptors (Lipinski definition) is 2. The second kappa shape index (κ2) is 5.19. The van der Waals surface area contributed by atoms with Gasteiger partial charge in [-0.25, -0.2) is 4.79 Å². The standard InChI is InChI=1S/C10H9ClN2O2.C2H6/c1-5-8(10(14)15)7(11)3-6-4-12-13(2)9(5)6;1-2/h3-4H,1-2H3,(H,14,15);1-2H3. The first-order valence-corrected chi connectivity index (χ1v) is 5.74. The van der Waals surface area contributed by atoms with Crippen LogP contribution >= 0.6 is 11.6 Å². The summed E-state index contributed by atoms with van der Waals surface area (Å²) < 4.78 is 1.65. The molecule has 0 fully saturated rings. The van der Waals surface area contributed by atoms with Gasteiger partial charge in [-0.15, -0.1) is 0 Å². The minimum Gasteiger partial charge on any atom is -0.478 e. The highest BCUT2D eigenvalue weighted by Crippen LogP contribution is 2.28. The van der Waals surface area contributed by atoms with Crippen LogP contribution in [0.25, 0.3) is 10.9 Å². The second-order valence-electron chi connectivity index (χ2n) is 3.37. The average molecular weight is 255 g/mol. The number of carboxylic acids is 1. The maximum Gasteiger partial charge on any atom is 0.337 e. The molecule has 0 saturated carbocycles. The fourth-order valence-corrected chi connectivity index (χ4v) is 2.13. The molecule has 0 atom stereocenters. The van der Waals surface area contributed by atoms with E-state index >= 15 is 0 Å². The highest BCUT2D eigenvalue weighted by molar-refractivity contribution is 6.34. The van der Waals surface area contributed by atoms with E-state index in [0.29, 0.717) is 5.56 Å². The van der Waals surface area contributed by atoms with Crippen LogP contribution in [0.5, 0.6) is 0 Å². The zero-order chi connectivity index (χ0) is 13.2. The summed E-state index contributed by atoms with van der Waals surface area (Å²) in [5.74, 6) is -1.01. The van der Waals surface area contributed by atoms with E-state index in [0.717, 1.165) is 10.9 Å². The molecule has 0 saturated heterocycles. The SMILES string of the molecule is CC.Cc1c(C(=O)O)c(Cl)cc2cnn(C)c12. The number of halogens is 1. The Morgan fingerprint density at radius 3 is 2.59 bits per heavy atom. The van der Waals surface area contributed by atoms with Crippen LogP contribution in [-0.4, -0.2) is 20.9 Å².